The fourth-order valence-corrected chi connectivity index (χ4v) is 1.86. The Bertz CT molecular complexity index is 467. The van der Waals surface area contributed by atoms with E-state index in [1.165, 1.54) is 18.2 Å². The van der Waals surface area contributed by atoms with Crippen LogP contribution >= 0.6 is 0 Å². The van der Waals surface area contributed by atoms with Crippen molar-refractivity contribution in [2.75, 3.05) is 31.2 Å². The van der Waals surface area contributed by atoms with Crippen molar-refractivity contribution in [1.82, 2.24) is 0 Å². The minimum atomic E-state index is -1.05. The summed E-state index contributed by atoms with van der Waals surface area (Å²) in [6.07, 6.45) is 2.38. The first-order valence-corrected chi connectivity index (χ1v) is 5.69. The second kappa shape index (κ2) is 5.64. The Morgan fingerprint density at radius 3 is 2.72 bits per heavy atom. The summed E-state index contributed by atoms with van der Waals surface area (Å²) in [6, 6.07) is 4.53. The Balaban J connectivity index is 2.22. The number of rotatable bonds is 3. The van der Waals surface area contributed by atoms with E-state index in [1.54, 1.807) is 6.07 Å². The molecule has 1 aromatic carbocycles. The highest BCUT2D eigenvalue weighted by molar-refractivity contribution is 5.85. The van der Waals surface area contributed by atoms with Gasteiger partial charge < -0.3 is 14.7 Å². The second-order valence-electron chi connectivity index (χ2n) is 4.01. The van der Waals surface area contributed by atoms with Gasteiger partial charge in [0.15, 0.2) is 0 Å². The predicted molar refractivity (Wildman–Crippen MR) is 66.1 cm³/mol. The summed E-state index contributed by atoms with van der Waals surface area (Å²) in [5.41, 5.74) is 1.29. The van der Waals surface area contributed by atoms with Crippen molar-refractivity contribution in [1.29, 1.82) is 0 Å². The molecule has 1 aromatic rings. The summed E-state index contributed by atoms with van der Waals surface area (Å²) >= 11 is 0. The summed E-state index contributed by atoms with van der Waals surface area (Å²) in [7, 11) is 0. The molecule has 0 bridgehead atoms. The molecule has 0 aromatic heterocycles. The molecule has 0 saturated carbocycles. The van der Waals surface area contributed by atoms with Gasteiger partial charge in [0.1, 0.15) is 5.82 Å². The molecule has 18 heavy (non-hydrogen) atoms. The Morgan fingerprint density at radius 2 is 2.06 bits per heavy atom. The van der Waals surface area contributed by atoms with Gasteiger partial charge in [0.2, 0.25) is 0 Å². The van der Waals surface area contributed by atoms with E-state index in [-0.39, 0.29) is 5.82 Å². The summed E-state index contributed by atoms with van der Waals surface area (Å²) in [5, 5.41) is 8.55. The SMILES string of the molecule is O=C(O)/C=C/c1cc(F)cc(N2CCOCC2)c1. The number of benzene rings is 1. The van der Waals surface area contributed by atoms with Gasteiger partial charge >= 0.3 is 5.97 Å². The van der Waals surface area contributed by atoms with Gasteiger partial charge in [-0.3, -0.25) is 0 Å². The fraction of sp³-hybridized carbons (Fsp3) is 0.308. The number of nitrogens with zero attached hydrogens (tertiary/aromatic N) is 1. The molecule has 0 spiro atoms. The smallest absolute Gasteiger partial charge is 0.328 e. The van der Waals surface area contributed by atoms with E-state index in [1.807, 2.05) is 4.90 Å². The van der Waals surface area contributed by atoms with Gasteiger partial charge in [0, 0.05) is 24.9 Å². The molecule has 0 amide bonds. The summed E-state index contributed by atoms with van der Waals surface area (Å²) < 4.78 is 18.7. The molecule has 0 aliphatic carbocycles. The van der Waals surface area contributed by atoms with Gasteiger partial charge in [0.25, 0.3) is 0 Å². The third-order valence-corrected chi connectivity index (χ3v) is 2.70. The van der Waals surface area contributed by atoms with Crippen molar-refractivity contribution < 1.29 is 19.0 Å². The maximum atomic E-state index is 13.5. The zero-order valence-corrected chi connectivity index (χ0v) is 9.80. The lowest BCUT2D eigenvalue weighted by Gasteiger charge is -2.29. The van der Waals surface area contributed by atoms with Gasteiger partial charge in [-0.1, -0.05) is 0 Å². The maximum Gasteiger partial charge on any atom is 0.328 e. The molecular formula is C13H14FNO3. The fourth-order valence-electron chi connectivity index (χ4n) is 1.86. The molecule has 1 fully saturated rings. The molecule has 0 radical (unpaired) electrons. The third-order valence-electron chi connectivity index (χ3n) is 2.70. The molecule has 1 aliphatic rings. The van der Waals surface area contributed by atoms with Crippen molar-refractivity contribution in [3.8, 4) is 0 Å². The molecule has 4 nitrogen and oxygen atoms in total. The van der Waals surface area contributed by atoms with Crippen LogP contribution in [0.5, 0.6) is 0 Å². The molecule has 96 valence electrons. The zero-order chi connectivity index (χ0) is 13.0. The number of aliphatic carboxylic acids is 1. The van der Waals surface area contributed by atoms with E-state index < -0.39 is 5.97 Å². The van der Waals surface area contributed by atoms with E-state index in [9.17, 15) is 9.18 Å². The summed E-state index contributed by atoms with van der Waals surface area (Å²) in [5.74, 6) is -1.42. The topological polar surface area (TPSA) is 49.8 Å². The van der Waals surface area contributed by atoms with Crippen molar-refractivity contribution in [3.63, 3.8) is 0 Å². The van der Waals surface area contributed by atoms with Crippen LogP contribution in [0.15, 0.2) is 24.3 Å². The van der Waals surface area contributed by atoms with E-state index >= 15 is 0 Å². The van der Waals surface area contributed by atoms with Crippen molar-refractivity contribution in [2.24, 2.45) is 0 Å². The summed E-state index contributed by atoms with van der Waals surface area (Å²) in [4.78, 5) is 12.5. The monoisotopic (exact) mass is 251 g/mol. The zero-order valence-electron chi connectivity index (χ0n) is 9.80. The van der Waals surface area contributed by atoms with E-state index in [4.69, 9.17) is 9.84 Å². The molecule has 1 N–H and O–H groups in total. The van der Waals surface area contributed by atoms with Crippen molar-refractivity contribution in [2.45, 2.75) is 0 Å². The molecule has 2 rings (SSSR count). The van der Waals surface area contributed by atoms with Crippen molar-refractivity contribution >= 4 is 17.7 Å². The second-order valence-corrected chi connectivity index (χ2v) is 4.01. The van der Waals surface area contributed by atoms with E-state index in [2.05, 4.69) is 0 Å². The number of ether oxygens (including phenoxy) is 1. The van der Waals surface area contributed by atoms with Gasteiger partial charge in [-0.15, -0.1) is 0 Å². The van der Waals surface area contributed by atoms with Gasteiger partial charge in [-0.25, -0.2) is 9.18 Å². The number of carboxylic acid groups (broad SMARTS) is 1. The first kappa shape index (κ1) is 12.6. The van der Waals surface area contributed by atoms with Crippen LogP contribution in [0.2, 0.25) is 0 Å². The van der Waals surface area contributed by atoms with E-state index in [0.29, 0.717) is 31.9 Å². The first-order chi connectivity index (χ1) is 8.65. The van der Waals surface area contributed by atoms with Crippen LogP contribution in [0.1, 0.15) is 5.56 Å². The highest BCUT2D eigenvalue weighted by Crippen LogP contribution is 2.20. The number of hydrogen-bond acceptors (Lipinski definition) is 3. The molecule has 0 unspecified atom stereocenters. The van der Waals surface area contributed by atoms with Gasteiger partial charge in [-0.2, -0.15) is 0 Å². The molecule has 5 heteroatoms. The first-order valence-electron chi connectivity index (χ1n) is 5.69. The van der Waals surface area contributed by atoms with Gasteiger partial charge in [-0.05, 0) is 29.8 Å². The van der Waals surface area contributed by atoms with Crippen LogP contribution < -0.4 is 4.90 Å². The Labute approximate surface area is 104 Å². The summed E-state index contributed by atoms with van der Waals surface area (Å²) in [6.45, 7) is 2.67. The number of morpholine rings is 1. The molecule has 1 heterocycles. The number of carboxylic acids is 1. The Kier molecular flexibility index (Phi) is 3.94. The molecular weight excluding hydrogens is 237 g/mol. The lowest BCUT2D eigenvalue weighted by molar-refractivity contribution is -0.131. The maximum absolute atomic E-state index is 13.5. The van der Waals surface area contributed by atoms with Gasteiger partial charge in [0.05, 0.1) is 13.2 Å². The van der Waals surface area contributed by atoms with Crippen molar-refractivity contribution in [3.05, 3.63) is 35.7 Å². The number of halogens is 1. The van der Waals surface area contributed by atoms with Crippen LogP contribution in [0, 0.1) is 5.82 Å². The average molecular weight is 251 g/mol. The predicted octanol–water partition coefficient (Wildman–Crippen LogP) is 1.76. The highest BCUT2D eigenvalue weighted by atomic mass is 19.1. The Morgan fingerprint density at radius 1 is 1.33 bits per heavy atom. The highest BCUT2D eigenvalue weighted by Gasteiger charge is 2.12. The Hall–Kier alpha value is -1.88. The van der Waals surface area contributed by atoms with Crippen LogP contribution in [-0.4, -0.2) is 37.4 Å². The lowest BCUT2D eigenvalue weighted by Crippen LogP contribution is -2.36. The standard InChI is InChI=1S/C13H14FNO3/c14-11-7-10(1-2-13(16)17)8-12(9-11)15-3-5-18-6-4-15/h1-2,7-9H,3-6H2,(H,16,17)/b2-1+. The number of anilines is 1. The normalized spacial score (nSPS) is 16.2. The molecule has 0 atom stereocenters. The van der Waals surface area contributed by atoms with Crippen LogP contribution in [0.4, 0.5) is 10.1 Å². The molecule has 1 saturated heterocycles. The third kappa shape index (κ3) is 3.30. The number of carbonyl (C=O) groups is 1. The molecule has 1 aliphatic heterocycles. The largest absolute Gasteiger partial charge is 0.478 e. The van der Waals surface area contributed by atoms with Crippen LogP contribution in [-0.2, 0) is 9.53 Å². The van der Waals surface area contributed by atoms with E-state index in [0.717, 1.165) is 11.8 Å². The minimum Gasteiger partial charge on any atom is -0.478 e. The quantitative estimate of drug-likeness (QED) is 0.832. The average Bonchev–Trinajstić information content (AvgIpc) is 2.37. The minimum absolute atomic E-state index is 0.371. The van der Waals surface area contributed by atoms with Crippen LogP contribution in [0.25, 0.3) is 6.08 Å². The lowest BCUT2D eigenvalue weighted by atomic mass is 10.1. The van der Waals surface area contributed by atoms with Crippen LogP contribution in [0.3, 0.4) is 0 Å². The number of hydrogen-bond donors (Lipinski definition) is 1.